The molecule has 0 aliphatic heterocycles. The summed E-state index contributed by atoms with van der Waals surface area (Å²) in [5.74, 6) is 0.925. The highest BCUT2D eigenvalue weighted by Gasteiger charge is 2.19. The van der Waals surface area contributed by atoms with Crippen LogP contribution in [0.2, 0.25) is 0 Å². The number of carbonyl (C=O) groups excluding carboxylic acids is 1. The zero-order valence-corrected chi connectivity index (χ0v) is 12.1. The number of carbonyl (C=O) groups is 1. The minimum atomic E-state index is -0.0293. The van der Waals surface area contributed by atoms with Gasteiger partial charge in [-0.05, 0) is 26.2 Å². The monoisotopic (exact) mass is 266 g/mol. The van der Waals surface area contributed by atoms with Crippen LogP contribution in [0.3, 0.4) is 0 Å². The summed E-state index contributed by atoms with van der Waals surface area (Å²) in [5, 5.41) is 3.04. The number of imidazole rings is 1. The number of hydrogen-bond acceptors (Lipinski definition) is 3. The summed E-state index contributed by atoms with van der Waals surface area (Å²) in [6.45, 7) is 5.99. The van der Waals surface area contributed by atoms with E-state index in [9.17, 15) is 4.79 Å². The minimum Gasteiger partial charge on any atom is -0.347 e. The van der Waals surface area contributed by atoms with E-state index >= 15 is 0 Å². The molecule has 0 fully saturated rings. The lowest BCUT2D eigenvalue weighted by atomic mass is 10.0. The van der Waals surface area contributed by atoms with Gasteiger partial charge >= 0.3 is 0 Å². The van der Waals surface area contributed by atoms with Crippen molar-refractivity contribution in [2.45, 2.75) is 58.5 Å². The molecule has 4 N–H and O–H groups in total. The van der Waals surface area contributed by atoms with Crippen molar-refractivity contribution in [3.8, 4) is 0 Å². The second-order valence-electron chi connectivity index (χ2n) is 5.25. The molecule has 0 bridgehead atoms. The van der Waals surface area contributed by atoms with E-state index in [0.29, 0.717) is 0 Å². The Kier molecular flexibility index (Phi) is 6.56. The van der Waals surface area contributed by atoms with Crippen molar-refractivity contribution in [1.29, 1.82) is 0 Å². The molecule has 1 amide bonds. The topological polar surface area (TPSA) is 83.8 Å². The quantitative estimate of drug-likeness (QED) is 0.674. The van der Waals surface area contributed by atoms with Gasteiger partial charge in [0.25, 0.3) is 0 Å². The Bertz CT molecular complexity index is 362. The SMILES string of the molecule is CCC(NC(=O)C(C)CCCC(C)N)c1ncc[nH]1. The molecule has 108 valence electrons. The van der Waals surface area contributed by atoms with Gasteiger partial charge in [-0.15, -0.1) is 0 Å². The van der Waals surface area contributed by atoms with Crippen LogP contribution in [0.15, 0.2) is 12.4 Å². The average molecular weight is 266 g/mol. The van der Waals surface area contributed by atoms with Crippen LogP contribution in [-0.2, 0) is 4.79 Å². The van der Waals surface area contributed by atoms with Gasteiger partial charge in [-0.2, -0.15) is 0 Å². The second kappa shape index (κ2) is 7.94. The van der Waals surface area contributed by atoms with E-state index < -0.39 is 0 Å². The number of nitrogens with zero attached hydrogens (tertiary/aromatic N) is 1. The van der Waals surface area contributed by atoms with E-state index in [0.717, 1.165) is 31.5 Å². The highest BCUT2D eigenvalue weighted by molar-refractivity contribution is 5.78. The summed E-state index contributed by atoms with van der Waals surface area (Å²) in [7, 11) is 0. The zero-order chi connectivity index (χ0) is 14.3. The maximum absolute atomic E-state index is 12.1. The Morgan fingerprint density at radius 1 is 1.47 bits per heavy atom. The van der Waals surface area contributed by atoms with Crippen LogP contribution in [-0.4, -0.2) is 21.9 Å². The number of aromatic amines is 1. The molecule has 1 aromatic rings. The third-order valence-electron chi connectivity index (χ3n) is 3.32. The van der Waals surface area contributed by atoms with E-state index in [1.54, 1.807) is 12.4 Å². The molecule has 0 aromatic carbocycles. The first kappa shape index (κ1) is 15.7. The van der Waals surface area contributed by atoms with Crippen molar-refractivity contribution < 1.29 is 4.79 Å². The number of nitrogens with two attached hydrogens (primary N) is 1. The molecule has 1 rings (SSSR count). The molecule has 3 unspecified atom stereocenters. The molecular weight excluding hydrogens is 240 g/mol. The summed E-state index contributed by atoms with van der Waals surface area (Å²) < 4.78 is 0. The van der Waals surface area contributed by atoms with Gasteiger partial charge in [0.15, 0.2) is 0 Å². The lowest BCUT2D eigenvalue weighted by Crippen LogP contribution is -2.33. The number of aromatic nitrogens is 2. The zero-order valence-electron chi connectivity index (χ0n) is 12.1. The number of amides is 1. The van der Waals surface area contributed by atoms with E-state index in [4.69, 9.17) is 5.73 Å². The van der Waals surface area contributed by atoms with Gasteiger partial charge in [0.2, 0.25) is 5.91 Å². The molecule has 0 radical (unpaired) electrons. The third kappa shape index (κ3) is 5.42. The summed E-state index contributed by atoms with van der Waals surface area (Å²) in [5.41, 5.74) is 5.71. The van der Waals surface area contributed by atoms with Crippen LogP contribution in [0.4, 0.5) is 0 Å². The van der Waals surface area contributed by atoms with E-state index in [1.807, 2.05) is 20.8 Å². The maximum Gasteiger partial charge on any atom is 0.223 e. The molecule has 0 aliphatic rings. The molecule has 0 saturated carbocycles. The molecule has 5 nitrogen and oxygen atoms in total. The predicted octanol–water partition coefficient (Wildman–Crippen LogP) is 2.13. The summed E-state index contributed by atoms with van der Waals surface area (Å²) in [6.07, 6.45) is 7.14. The molecule has 1 aromatic heterocycles. The fourth-order valence-electron chi connectivity index (χ4n) is 2.02. The number of rotatable bonds is 8. The summed E-state index contributed by atoms with van der Waals surface area (Å²) in [4.78, 5) is 19.3. The number of H-pyrrole nitrogens is 1. The third-order valence-corrected chi connectivity index (χ3v) is 3.32. The smallest absolute Gasteiger partial charge is 0.223 e. The van der Waals surface area contributed by atoms with Gasteiger partial charge in [-0.1, -0.05) is 20.3 Å². The van der Waals surface area contributed by atoms with Crippen LogP contribution >= 0.6 is 0 Å². The van der Waals surface area contributed by atoms with E-state index in [2.05, 4.69) is 15.3 Å². The first-order valence-corrected chi connectivity index (χ1v) is 7.09. The molecule has 5 heteroatoms. The lowest BCUT2D eigenvalue weighted by molar-refractivity contribution is -0.125. The molecule has 19 heavy (non-hydrogen) atoms. The Balaban J connectivity index is 2.40. The second-order valence-corrected chi connectivity index (χ2v) is 5.25. The lowest BCUT2D eigenvalue weighted by Gasteiger charge is -2.18. The van der Waals surface area contributed by atoms with Gasteiger partial charge in [0, 0.05) is 24.4 Å². The van der Waals surface area contributed by atoms with Crippen molar-refractivity contribution in [3.63, 3.8) is 0 Å². The van der Waals surface area contributed by atoms with Crippen molar-refractivity contribution in [2.24, 2.45) is 11.7 Å². The van der Waals surface area contributed by atoms with Gasteiger partial charge < -0.3 is 16.0 Å². The fraction of sp³-hybridized carbons (Fsp3) is 0.714. The summed E-state index contributed by atoms with van der Waals surface area (Å²) >= 11 is 0. The largest absolute Gasteiger partial charge is 0.347 e. The van der Waals surface area contributed by atoms with Crippen molar-refractivity contribution in [3.05, 3.63) is 18.2 Å². The molecule has 0 spiro atoms. The number of hydrogen-bond donors (Lipinski definition) is 3. The van der Waals surface area contributed by atoms with Crippen LogP contribution in [0, 0.1) is 5.92 Å². The molecule has 1 heterocycles. The highest BCUT2D eigenvalue weighted by atomic mass is 16.1. The van der Waals surface area contributed by atoms with Crippen LogP contribution in [0.1, 0.15) is 58.3 Å². The Labute approximate surface area is 115 Å². The van der Waals surface area contributed by atoms with E-state index in [-0.39, 0.29) is 23.9 Å². The molecule has 3 atom stereocenters. The molecule has 0 aliphatic carbocycles. The minimum absolute atomic E-state index is 0.0164. The van der Waals surface area contributed by atoms with E-state index in [1.165, 1.54) is 0 Å². The van der Waals surface area contributed by atoms with Crippen molar-refractivity contribution in [1.82, 2.24) is 15.3 Å². The van der Waals surface area contributed by atoms with Crippen molar-refractivity contribution in [2.75, 3.05) is 0 Å². The molecular formula is C14H26N4O. The highest BCUT2D eigenvalue weighted by Crippen LogP contribution is 2.15. The predicted molar refractivity (Wildman–Crippen MR) is 76.4 cm³/mol. The van der Waals surface area contributed by atoms with Crippen LogP contribution < -0.4 is 11.1 Å². The standard InChI is InChI=1S/C14H26N4O/c1-4-12(13-16-8-9-17-13)18-14(19)10(2)6-5-7-11(3)15/h8-12H,4-7,15H2,1-3H3,(H,16,17)(H,18,19). The van der Waals surface area contributed by atoms with Gasteiger partial charge in [-0.25, -0.2) is 4.98 Å². The maximum atomic E-state index is 12.1. The Hall–Kier alpha value is -1.36. The normalized spacial score (nSPS) is 15.8. The first-order valence-electron chi connectivity index (χ1n) is 7.09. The number of nitrogens with one attached hydrogen (secondary N) is 2. The van der Waals surface area contributed by atoms with Gasteiger partial charge in [-0.3, -0.25) is 4.79 Å². The van der Waals surface area contributed by atoms with Crippen LogP contribution in [0.25, 0.3) is 0 Å². The van der Waals surface area contributed by atoms with Gasteiger partial charge in [0.05, 0.1) is 6.04 Å². The fourth-order valence-corrected chi connectivity index (χ4v) is 2.02. The van der Waals surface area contributed by atoms with Crippen LogP contribution in [0.5, 0.6) is 0 Å². The summed E-state index contributed by atoms with van der Waals surface area (Å²) in [6, 6.07) is 0.181. The van der Waals surface area contributed by atoms with Gasteiger partial charge in [0.1, 0.15) is 5.82 Å². The Morgan fingerprint density at radius 3 is 2.74 bits per heavy atom. The first-order chi connectivity index (χ1) is 9.04. The van der Waals surface area contributed by atoms with Crippen molar-refractivity contribution >= 4 is 5.91 Å². The average Bonchev–Trinajstić information content (AvgIpc) is 2.88. The molecule has 0 saturated heterocycles. The Morgan fingerprint density at radius 2 is 2.21 bits per heavy atom.